The van der Waals surface area contributed by atoms with Crippen molar-refractivity contribution in [1.82, 2.24) is 34.6 Å². The van der Waals surface area contributed by atoms with Gasteiger partial charge in [0.15, 0.2) is 17.5 Å². The lowest BCUT2D eigenvalue weighted by Gasteiger charge is -2.21. The van der Waals surface area contributed by atoms with Crippen molar-refractivity contribution < 1.29 is 9.57 Å². The molecule has 1 unspecified atom stereocenters. The number of terminal acetylenes is 1. The second-order valence-corrected chi connectivity index (χ2v) is 9.70. The number of benzene rings is 1. The number of pyridine rings is 1. The molecule has 184 valence electrons. The molecule has 2 aliphatic heterocycles. The van der Waals surface area contributed by atoms with Gasteiger partial charge in [0.1, 0.15) is 18.6 Å². The van der Waals surface area contributed by atoms with E-state index in [2.05, 4.69) is 40.7 Å². The van der Waals surface area contributed by atoms with Crippen LogP contribution < -0.4 is 5.32 Å². The summed E-state index contributed by atoms with van der Waals surface area (Å²) in [5, 5.41) is 16.9. The van der Waals surface area contributed by atoms with Gasteiger partial charge >= 0.3 is 0 Å². The molecule has 1 N–H and O–H groups in total. The van der Waals surface area contributed by atoms with Gasteiger partial charge in [-0.05, 0) is 49.6 Å². The minimum atomic E-state index is -0.497. The second kappa shape index (κ2) is 8.28. The van der Waals surface area contributed by atoms with Crippen LogP contribution in [0.3, 0.4) is 0 Å². The van der Waals surface area contributed by atoms with Crippen LogP contribution in [0.5, 0.6) is 0 Å². The maximum absolute atomic E-state index is 5.99. The molecular formula is C27H24N8O2. The average molecular weight is 493 g/mol. The zero-order valence-electron chi connectivity index (χ0n) is 20.3. The number of hydrogen-bond donors (Lipinski definition) is 1. The Morgan fingerprint density at radius 2 is 2.16 bits per heavy atom. The number of nitrogens with zero attached hydrogens (tertiary/aromatic N) is 7. The highest BCUT2D eigenvalue weighted by Gasteiger charge is 2.48. The Hall–Kier alpha value is -4.49. The summed E-state index contributed by atoms with van der Waals surface area (Å²) in [7, 11) is 0. The molecule has 0 saturated heterocycles. The minimum absolute atomic E-state index is 0.289. The average Bonchev–Trinajstić information content (AvgIpc) is 3.49. The van der Waals surface area contributed by atoms with Crippen molar-refractivity contribution in [2.75, 3.05) is 0 Å². The molecule has 3 aromatic heterocycles. The van der Waals surface area contributed by atoms with Crippen molar-refractivity contribution in [3.63, 3.8) is 0 Å². The lowest BCUT2D eigenvalue weighted by Crippen LogP contribution is -2.44. The van der Waals surface area contributed by atoms with E-state index in [1.54, 1.807) is 12.4 Å². The van der Waals surface area contributed by atoms with E-state index in [9.17, 15) is 0 Å². The molecule has 3 aliphatic rings. The zero-order chi connectivity index (χ0) is 25.0. The largest absolute Gasteiger partial charge is 0.369 e. The van der Waals surface area contributed by atoms with Gasteiger partial charge in [-0.15, -0.1) is 16.6 Å². The highest BCUT2D eigenvalue weighted by molar-refractivity contribution is 5.99. The lowest BCUT2D eigenvalue weighted by molar-refractivity contribution is -0.0359. The Morgan fingerprint density at radius 1 is 1.24 bits per heavy atom. The van der Waals surface area contributed by atoms with Crippen LogP contribution in [-0.2, 0) is 29.3 Å². The van der Waals surface area contributed by atoms with Gasteiger partial charge in [-0.1, -0.05) is 17.1 Å². The smallest absolute Gasteiger partial charge is 0.209 e. The topological polar surface area (TPSA) is 104 Å². The third kappa shape index (κ3) is 3.67. The van der Waals surface area contributed by atoms with E-state index in [1.807, 2.05) is 43.6 Å². The first kappa shape index (κ1) is 21.8. The molecule has 1 atom stereocenters. The molecule has 10 heteroatoms. The minimum Gasteiger partial charge on any atom is -0.369 e. The highest BCUT2D eigenvalue weighted by atomic mass is 16.7. The molecule has 1 aliphatic carbocycles. The molecule has 1 fully saturated rings. The molecule has 7 rings (SSSR count). The third-order valence-corrected chi connectivity index (χ3v) is 7.16. The van der Waals surface area contributed by atoms with E-state index < -0.39 is 5.72 Å². The number of amidine groups is 1. The second-order valence-electron chi connectivity index (χ2n) is 9.70. The van der Waals surface area contributed by atoms with E-state index in [4.69, 9.17) is 21.0 Å². The van der Waals surface area contributed by atoms with Gasteiger partial charge in [-0.25, -0.2) is 4.98 Å². The maximum Gasteiger partial charge on any atom is 0.209 e. The van der Waals surface area contributed by atoms with Crippen molar-refractivity contribution in [2.45, 2.75) is 45.2 Å². The Morgan fingerprint density at radius 3 is 2.97 bits per heavy atom. The number of ether oxygens (including phenoxy) is 1. The van der Waals surface area contributed by atoms with Gasteiger partial charge in [-0.3, -0.25) is 9.55 Å². The van der Waals surface area contributed by atoms with Gasteiger partial charge in [0.05, 0.1) is 24.5 Å². The summed E-state index contributed by atoms with van der Waals surface area (Å²) in [6, 6.07) is 9.75. The van der Waals surface area contributed by atoms with Gasteiger partial charge in [0.2, 0.25) is 5.72 Å². The van der Waals surface area contributed by atoms with E-state index in [1.165, 1.54) is 0 Å². The van der Waals surface area contributed by atoms with E-state index in [-0.39, 0.29) is 6.61 Å². The number of imidazole rings is 1. The van der Waals surface area contributed by atoms with Crippen molar-refractivity contribution in [3.05, 3.63) is 77.4 Å². The molecule has 10 nitrogen and oxygen atoms in total. The number of rotatable bonds is 6. The van der Waals surface area contributed by atoms with Crippen molar-refractivity contribution in [3.8, 4) is 29.4 Å². The van der Waals surface area contributed by atoms with E-state index >= 15 is 0 Å². The predicted octanol–water partition coefficient (Wildman–Crippen LogP) is 2.99. The molecule has 1 saturated carbocycles. The molecule has 4 aromatic rings. The molecule has 0 bridgehead atoms. The Bertz CT molecular complexity index is 1580. The molecule has 37 heavy (non-hydrogen) atoms. The molecule has 0 spiro atoms. The summed E-state index contributed by atoms with van der Waals surface area (Å²) in [4.78, 5) is 14.7. The van der Waals surface area contributed by atoms with Crippen LogP contribution in [0.25, 0.3) is 17.1 Å². The Kier molecular flexibility index (Phi) is 4.87. The summed E-state index contributed by atoms with van der Waals surface area (Å²) in [6.07, 6.45) is 13.3. The first-order valence-corrected chi connectivity index (χ1v) is 12.2. The number of oxime groups is 1. The van der Waals surface area contributed by atoms with E-state index in [0.717, 1.165) is 52.4 Å². The lowest BCUT2D eigenvalue weighted by atomic mass is 10.1. The first-order chi connectivity index (χ1) is 18.1. The van der Waals surface area contributed by atoms with Gasteiger partial charge in [0.25, 0.3) is 0 Å². The maximum atomic E-state index is 5.99. The zero-order valence-corrected chi connectivity index (χ0v) is 20.3. The van der Waals surface area contributed by atoms with Crippen LogP contribution in [0, 0.1) is 18.3 Å². The third-order valence-electron chi connectivity index (χ3n) is 7.16. The van der Waals surface area contributed by atoms with Gasteiger partial charge in [-0.2, -0.15) is 0 Å². The Balaban J connectivity index is 1.27. The van der Waals surface area contributed by atoms with Gasteiger partial charge in [0, 0.05) is 29.4 Å². The van der Waals surface area contributed by atoms with Gasteiger partial charge < -0.3 is 19.5 Å². The van der Waals surface area contributed by atoms with Crippen molar-refractivity contribution in [2.24, 2.45) is 11.1 Å². The molecule has 5 heterocycles. The van der Waals surface area contributed by atoms with Crippen LogP contribution in [0.4, 0.5) is 0 Å². The fraction of sp³-hybridized carbons (Fsp3) is 0.296. The van der Waals surface area contributed by atoms with E-state index in [0.29, 0.717) is 30.7 Å². The van der Waals surface area contributed by atoms with Crippen LogP contribution >= 0.6 is 0 Å². The standard InChI is InChI=1S/C27H24N8O2/c1-3-17-6-9-21-20(11-17)26-32-31-23(15-36-14-18-5-4-10-28-12-18)34(26)13-22-24(29-16-35(21)22)25-30-27(2,37-33-25)19-7-8-19/h1,4-6,9-12,16,19H,7-8,13-15H2,2H3,(H,30,33). The molecule has 0 amide bonds. The number of hydrogen-bond acceptors (Lipinski definition) is 8. The Labute approximate surface area is 213 Å². The summed E-state index contributed by atoms with van der Waals surface area (Å²) < 4.78 is 10.1. The van der Waals surface area contributed by atoms with Crippen molar-refractivity contribution in [1.29, 1.82) is 0 Å². The molecule has 1 aromatic carbocycles. The summed E-state index contributed by atoms with van der Waals surface area (Å²) in [5.41, 5.74) is 4.74. The van der Waals surface area contributed by atoms with Crippen LogP contribution in [0.1, 0.15) is 48.1 Å². The predicted molar refractivity (Wildman–Crippen MR) is 134 cm³/mol. The molecule has 0 radical (unpaired) electrons. The van der Waals surface area contributed by atoms with Crippen LogP contribution in [0.2, 0.25) is 0 Å². The van der Waals surface area contributed by atoms with Crippen LogP contribution in [-0.4, -0.2) is 40.9 Å². The normalized spacial score (nSPS) is 19.5. The monoisotopic (exact) mass is 492 g/mol. The SMILES string of the molecule is C#Cc1ccc2c(c1)-c1nnc(COCc3cccnc3)n1Cc1c(C3=NOC(C)(C4CC4)N3)ncn1-2. The fourth-order valence-electron chi connectivity index (χ4n) is 4.98. The van der Waals surface area contributed by atoms with Crippen LogP contribution in [0.15, 0.2) is 54.2 Å². The summed E-state index contributed by atoms with van der Waals surface area (Å²) in [6.45, 7) is 3.23. The summed E-state index contributed by atoms with van der Waals surface area (Å²) >= 11 is 0. The number of aromatic nitrogens is 6. The number of fused-ring (bicyclic) bond motifs is 5. The van der Waals surface area contributed by atoms with Crippen molar-refractivity contribution >= 4 is 5.84 Å². The first-order valence-electron chi connectivity index (χ1n) is 12.2. The quantitative estimate of drug-likeness (QED) is 0.364. The molecular weight excluding hydrogens is 468 g/mol. The summed E-state index contributed by atoms with van der Waals surface area (Å²) in [5.74, 6) is 5.24. The highest BCUT2D eigenvalue weighted by Crippen LogP contribution is 2.42. The number of nitrogens with one attached hydrogen (secondary N) is 1. The fourth-order valence-corrected chi connectivity index (χ4v) is 4.98.